The fourth-order valence-electron chi connectivity index (χ4n) is 1.55. The van der Waals surface area contributed by atoms with E-state index in [0.717, 1.165) is 16.3 Å². The fraction of sp³-hybridized carbons (Fsp3) is 0.167. The molecule has 0 atom stereocenters. The summed E-state index contributed by atoms with van der Waals surface area (Å²) < 4.78 is 0. The Labute approximate surface area is 97.4 Å². The molecule has 0 aliphatic heterocycles. The summed E-state index contributed by atoms with van der Waals surface area (Å²) in [6.07, 6.45) is 0. The minimum Gasteiger partial charge on any atom is -0.478 e. The summed E-state index contributed by atoms with van der Waals surface area (Å²) >= 11 is 1.52. The summed E-state index contributed by atoms with van der Waals surface area (Å²) in [6.45, 7) is 3.78. The molecule has 1 aromatic carbocycles. The van der Waals surface area contributed by atoms with Crippen LogP contribution in [0.5, 0.6) is 0 Å². The van der Waals surface area contributed by atoms with Gasteiger partial charge in [-0.2, -0.15) is 0 Å². The van der Waals surface area contributed by atoms with Crippen LogP contribution in [0.1, 0.15) is 20.9 Å². The Balaban J connectivity index is 2.60. The van der Waals surface area contributed by atoms with Crippen LogP contribution < -0.4 is 0 Å². The molecule has 1 aromatic heterocycles. The monoisotopic (exact) mass is 233 g/mol. The Hall–Kier alpha value is -1.68. The van der Waals surface area contributed by atoms with Crippen LogP contribution in [-0.4, -0.2) is 16.1 Å². The van der Waals surface area contributed by atoms with E-state index in [1.165, 1.54) is 11.3 Å². The van der Waals surface area contributed by atoms with E-state index in [-0.39, 0.29) is 0 Å². The molecular formula is C12H11NO2S. The number of aryl methyl sites for hydroxylation is 2. The number of benzene rings is 1. The van der Waals surface area contributed by atoms with E-state index in [4.69, 9.17) is 5.11 Å². The third-order valence-corrected chi connectivity index (χ3v) is 3.07. The molecule has 2 aromatic rings. The molecule has 0 amide bonds. The fourth-order valence-corrected chi connectivity index (χ4v) is 2.16. The molecule has 0 saturated carbocycles. The third-order valence-electron chi connectivity index (χ3n) is 2.30. The summed E-state index contributed by atoms with van der Waals surface area (Å²) in [5, 5.41) is 12.0. The predicted octanol–water partition coefficient (Wildman–Crippen LogP) is 3.13. The van der Waals surface area contributed by atoms with E-state index in [0.29, 0.717) is 11.1 Å². The number of hydrogen-bond donors (Lipinski definition) is 1. The molecule has 2 rings (SSSR count). The van der Waals surface area contributed by atoms with Crippen LogP contribution >= 0.6 is 11.3 Å². The lowest BCUT2D eigenvalue weighted by Gasteiger charge is -2.04. The Morgan fingerprint density at radius 2 is 2.12 bits per heavy atom. The van der Waals surface area contributed by atoms with Gasteiger partial charge in [0.15, 0.2) is 0 Å². The first-order chi connectivity index (χ1) is 7.58. The number of carboxylic acids is 1. The first kappa shape index (κ1) is 10.8. The molecule has 3 nitrogen and oxygen atoms in total. The molecule has 4 heteroatoms. The molecular weight excluding hydrogens is 222 g/mol. The standard InChI is InChI=1S/C12H11NO2S/c1-7-3-4-9(10(5-7)12(14)15)11-6-16-8(2)13-11/h3-6H,1-2H3,(H,14,15). The van der Waals surface area contributed by atoms with Crippen molar-refractivity contribution >= 4 is 17.3 Å². The van der Waals surface area contributed by atoms with E-state index < -0.39 is 5.97 Å². The zero-order valence-corrected chi connectivity index (χ0v) is 9.84. The van der Waals surface area contributed by atoms with Crippen LogP contribution in [0.15, 0.2) is 23.6 Å². The van der Waals surface area contributed by atoms with Gasteiger partial charge in [0.2, 0.25) is 0 Å². The van der Waals surface area contributed by atoms with Crippen LogP contribution in [0.4, 0.5) is 0 Å². The van der Waals surface area contributed by atoms with E-state index in [2.05, 4.69) is 4.98 Å². The Morgan fingerprint density at radius 3 is 2.69 bits per heavy atom. The molecule has 0 unspecified atom stereocenters. The van der Waals surface area contributed by atoms with Gasteiger partial charge in [0.05, 0.1) is 16.3 Å². The summed E-state index contributed by atoms with van der Waals surface area (Å²) in [6, 6.07) is 5.38. The van der Waals surface area contributed by atoms with Crippen LogP contribution in [0.2, 0.25) is 0 Å². The maximum Gasteiger partial charge on any atom is 0.336 e. The van der Waals surface area contributed by atoms with Crippen molar-refractivity contribution in [1.29, 1.82) is 0 Å². The van der Waals surface area contributed by atoms with Gasteiger partial charge in [-0.25, -0.2) is 9.78 Å². The van der Waals surface area contributed by atoms with E-state index in [9.17, 15) is 4.79 Å². The number of hydrogen-bond acceptors (Lipinski definition) is 3. The minimum absolute atomic E-state index is 0.310. The van der Waals surface area contributed by atoms with Crippen molar-refractivity contribution in [3.05, 3.63) is 39.7 Å². The van der Waals surface area contributed by atoms with Gasteiger partial charge in [0.1, 0.15) is 0 Å². The molecule has 0 fully saturated rings. The smallest absolute Gasteiger partial charge is 0.336 e. The van der Waals surface area contributed by atoms with E-state index >= 15 is 0 Å². The van der Waals surface area contributed by atoms with Gasteiger partial charge < -0.3 is 5.11 Å². The molecule has 0 aliphatic carbocycles. The highest BCUT2D eigenvalue weighted by Crippen LogP contribution is 2.26. The zero-order valence-electron chi connectivity index (χ0n) is 9.02. The van der Waals surface area contributed by atoms with Gasteiger partial charge in [0, 0.05) is 10.9 Å². The maximum atomic E-state index is 11.1. The second-order valence-electron chi connectivity index (χ2n) is 3.61. The molecule has 0 aliphatic rings. The van der Waals surface area contributed by atoms with Crippen molar-refractivity contribution in [3.63, 3.8) is 0 Å². The van der Waals surface area contributed by atoms with Gasteiger partial charge in [-0.1, -0.05) is 17.7 Å². The first-order valence-electron chi connectivity index (χ1n) is 4.84. The number of aromatic nitrogens is 1. The van der Waals surface area contributed by atoms with Gasteiger partial charge in [-0.15, -0.1) is 11.3 Å². The number of thiazole rings is 1. The number of nitrogens with zero attached hydrogens (tertiary/aromatic N) is 1. The normalized spacial score (nSPS) is 10.4. The summed E-state index contributed by atoms with van der Waals surface area (Å²) in [4.78, 5) is 15.4. The second-order valence-corrected chi connectivity index (χ2v) is 4.67. The Bertz CT molecular complexity index is 546. The van der Waals surface area contributed by atoms with E-state index in [1.54, 1.807) is 6.07 Å². The first-order valence-corrected chi connectivity index (χ1v) is 5.72. The highest BCUT2D eigenvalue weighted by Gasteiger charge is 2.13. The zero-order chi connectivity index (χ0) is 11.7. The summed E-state index contributed by atoms with van der Waals surface area (Å²) in [5.74, 6) is -0.913. The number of carbonyl (C=O) groups is 1. The molecule has 0 radical (unpaired) electrons. The summed E-state index contributed by atoms with van der Waals surface area (Å²) in [7, 11) is 0. The lowest BCUT2D eigenvalue weighted by atomic mass is 10.0. The maximum absolute atomic E-state index is 11.1. The molecule has 0 saturated heterocycles. The van der Waals surface area contributed by atoms with Gasteiger partial charge in [-0.3, -0.25) is 0 Å². The quantitative estimate of drug-likeness (QED) is 0.867. The lowest BCUT2D eigenvalue weighted by Crippen LogP contribution is -2.00. The summed E-state index contributed by atoms with van der Waals surface area (Å²) in [5.41, 5.74) is 2.67. The third kappa shape index (κ3) is 1.97. The van der Waals surface area contributed by atoms with E-state index in [1.807, 2.05) is 31.4 Å². The molecule has 0 bridgehead atoms. The van der Waals surface area contributed by atoms with Crippen molar-refractivity contribution in [3.8, 4) is 11.3 Å². The SMILES string of the molecule is Cc1ccc(-c2csc(C)n2)c(C(=O)O)c1. The van der Waals surface area contributed by atoms with Crippen LogP contribution in [-0.2, 0) is 0 Å². The molecule has 82 valence electrons. The van der Waals surface area contributed by atoms with Gasteiger partial charge >= 0.3 is 5.97 Å². The predicted molar refractivity (Wildman–Crippen MR) is 64.0 cm³/mol. The second kappa shape index (κ2) is 4.06. The van der Waals surface area contributed by atoms with Crippen LogP contribution in [0.3, 0.4) is 0 Å². The van der Waals surface area contributed by atoms with Crippen molar-refractivity contribution in [2.45, 2.75) is 13.8 Å². The van der Waals surface area contributed by atoms with Crippen molar-refractivity contribution < 1.29 is 9.90 Å². The average Bonchev–Trinajstić information content (AvgIpc) is 2.64. The van der Waals surface area contributed by atoms with Crippen molar-refractivity contribution in [1.82, 2.24) is 4.98 Å². The average molecular weight is 233 g/mol. The van der Waals surface area contributed by atoms with Crippen LogP contribution in [0, 0.1) is 13.8 Å². The molecule has 1 heterocycles. The number of rotatable bonds is 2. The molecule has 0 spiro atoms. The van der Waals surface area contributed by atoms with Gasteiger partial charge in [0.25, 0.3) is 0 Å². The molecule has 16 heavy (non-hydrogen) atoms. The highest BCUT2D eigenvalue weighted by atomic mass is 32.1. The largest absolute Gasteiger partial charge is 0.478 e. The van der Waals surface area contributed by atoms with Gasteiger partial charge in [-0.05, 0) is 19.9 Å². The highest BCUT2D eigenvalue weighted by molar-refractivity contribution is 7.09. The molecule has 1 N–H and O–H groups in total. The van der Waals surface area contributed by atoms with Crippen molar-refractivity contribution in [2.75, 3.05) is 0 Å². The topological polar surface area (TPSA) is 50.2 Å². The number of aromatic carboxylic acids is 1. The lowest BCUT2D eigenvalue weighted by molar-refractivity contribution is 0.0697. The van der Waals surface area contributed by atoms with Crippen molar-refractivity contribution in [2.24, 2.45) is 0 Å². The Morgan fingerprint density at radius 1 is 1.38 bits per heavy atom. The number of carboxylic acid groups (broad SMARTS) is 1. The minimum atomic E-state index is -0.913. The Kier molecular flexibility index (Phi) is 2.75. The van der Waals surface area contributed by atoms with Crippen LogP contribution in [0.25, 0.3) is 11.3 Å².